The van der Waals surface area contributed by atoms with E-state index < -0.39 is 0 Å². The molecular formula is C48H30N2O. The lowest BCUT2D eigenvalue weighted by Crippen LogP contribution is -1.94. The van der Waals surface area contributed by atoms with E-state index in [-0.39, 0.29) is 0 Å². The quantitative estimate of drug-likeness (QED) is 0.174. The van der Waals surface area contributed by atoms with Crippen LogP contribution in [0.25, 0.3) is 99.6 Å². The van der Waals surface area contributed by atoms with Crippen molar-refractivity contribution in [3.63, 3.8) is 0 Å². The molecular weight excluding hydrogens is 621 g/mol. The summed E-state index contributed by atoms with van der Waals surface area (Å²) >= 11 is 0. The summed E-state index contributed by atoms with van der Waals surface area (Å²) in [5.74, 6) is 0.636. The van der Waals surface area contributed by atoms with Gasteiger partial charge in [0.15, 0.2) is 5.82 Å². The molecule has 0 atom stereocenters. The first-order chi connectivity index (χ1) is 25.3. The van der Waals surface area contributed by atoms with Gasteiger partial charge in [-0.1, -0.05) is 170 Å². The SMILES string of the molecule is c1ccc(-c2ccc(-c3cccc(-c4cccc(-c5nc(-c6ccccc6)nc6oc7c8ccccc8c8ccccc8c7c56)c4)c3)cc2)cc1. The standard InChI is InChI=1S/C48H30N2O/c1-3-13-31(14-4-1)32-25-27-33(28-26-32)35-17-11-18-36(29-35)37-19-12-20-38(30-37)45-44-43-41-23-9-7-21-39(41)40-22-8-10-24-42(40)46(43)51-48(44)50-47(49-45)34-15-5-2-6-16-34/h1-30H. The van der Waals surface area contributed by atoms with Gasteiger partial charge in [0.2, 0.25) is 5.71 Å². The van der Waals surface area contributed by atoms with Crippen LogP contribution in [0.1, 0.15) is 0 Å². The first-order valence-corrected chi connectivity index (χ1v) is 17.2. The molecule has 10 rings (SSSR count). The third kappa shape index (κ3) is 4.98. The molecule has 0 unspecified atom stereocenters. The summed E-state index contributed by atoms with van der Waals surface area (Å²) in [7, 11) is 0. The molecule has 0 bridgehead atoms. The van der Waals surface area contributed by atoms with Gasteiger partial charge >= 0.3 is 0 Å². The number of rotatable bonds is 5. The van der Waals surface area contributed by atoms with E-state index in [2.05, 4.69) is 152 Å². The molecule has 0 saturated heterocycles. The molecule has 0 aliphatic heterocycles. The van der Waals surface area contributed by atoms with Crippen LogP contribution in [0, 0.1) is 0 Å². The highest BCUT2D eigenvalue weighted by molar-refractivity contribution is 6.31. The van der Waals surface area contributed by atoms with E-state index >= 15 is 0 Å². The Labute approximate surface area is 295 Å². The van der Waals surface area contributed by atoms with Gasteiger partial charge in [-0.25, -0.2) is 4.98 Å². The first kappa shape index (κ1) is 29.1. The number of nitrogens with zero attached hydrogens (tertiary/aromatic N) is 2. The average molecular weight is 651 g/mol. The van der Waals surface area contributed by atoms with E-state index in [0.717, 1.165) is 60.5 Å². The van der Waals surface area contributed by atoms with Gasteiger partial charge in [0.25, 0.3) is 0 Å². The number of aromatic nitrogens is 2. The molecule has 0 fully saturated rings. The zero-order valence-electron chi connectivity index (χ0n) is 27.6. The minimum Gasteiger partial charge on any atom is -0.437 e. The summed E-state index contributed by atoms with van der Waals surface area (Å²) in [4.78, 5) is 10.4. The fourth-order valence-corrected chi connectivity index (χ4v) is 7.43. The van der Waals surface area contributed by atoms with E-state index in [1.165, 1.54) is 27.6 Å². The molecule has 0 radical (unpaired) electrons. The van der Waals surface area contributed by atoms with Crippen LogP contribution < -0.4 is 0 Å². The normalized spacial score (nSPS) is 11.5. The van der Waals surface area contributed by atoms with E-state index in [9.17, 15) is 0 Å². The van der Waals surface area contributed by atoms with E-state index in [4.69, 9.17) is 14.4 Å². The number of hydrogen-bond acceptors (Lipinski definition) is 3. The highest BCUT2D eigenvalue weighted by Gasteiger charge is 2.22. The smallest absolute Gasteiger partial charge is 0.231 e. The van der Waals surface area contributed by atoms with Crippen molar-refractivity contribution in [2.45, 2.75) is 0 Å². The fraction of sp³-hybridized carbons (Fsp3) is 0. The maximum Gasteiger partial charge on any atom is 0.231 e. The van der Waals surface area contributed by atoms with Crippen molar-refractivity contribution in [2.24, 2.45) is 0 Å². The molecule has 0 amide bonds. The third-order valence-corrected chi connectivity index (χ3v) is 9.90. The number of fused-ring (bicyclic) bond motifs is 8. The molecule has 10 aromatic rings. The summed E-state index contributed by atoms with van der Waals surface area (Å²) < 4.78 is 6.76. The second kappa shape index (κ2) is 11.9. The predicted molar refractivity (Wildman–Crippen MR) is 212 cm³/mol. The molecule has 3 heteroatoms. The third-order valence-electron chi connectivity index (χ3n) is 9.90. The van der Waals surface area contributed by atoms with Crippen molar-refractivity contribution in [1.29, 1.82) is 0 Å². The molecule has 0 N–H and O–H groups in total. The Hall–Kier alpha value is -6.84. The predicted octanol–water partition coefficient (Wildman–Crippen LogP) is 13.0. The number of hydrogen-bond donors (Lipinski definition) is 0. The molecule has 0 saturated carbocycles. The van der Waals surface area contributed by atoms with Gasteiger partial charge in [0, 0.05) is 21.9 Å². The Morgan fingerprint density at radius 2 is 0.765 bits per heavy atom. The van der Waals surface area contributed by atoms with Crippen LogP contribution >= 0.6 is 0 Å². The van der Waals surface area contributed by atoms with Crippen molar-refractivity contribution in [3.05, 3.63) is 182 Å². The second-order valence-corrected chi connectivity index (χ2v) is 12.9. The maximum atomic E-state index is 6.76. The topological polar surface area (TPSA) is 38.9 Å². The zero-order chi connectivity index (χ0) is 33.7. The zero-order valence-corrected chi connectivity index (χ0v) is 27.6. The summed E-state index contributed by atoms with van der Waals surface area (Å²) in [6.07, 6.45) is 0. The van der Waals surface area contributed by atoms with Gasteiger partial charge in [-0.05, 0) is 61.7 Å². The summed E-state index contributed by atoms with van der Waals surface area (Å²) in [5.41, 5.74) is 11.3. The van der Waals surface area contributed by atoms with Gasteiger partial charge in [0.1, 0.15) is 5.58 Å². The molecule has 51 heavy (non-hydrogen) atoms. The van der Waals surface area contributed by atoms with Gasteiger partial charge in [0.05, 0.1) is 11.1 Å². The molecule has 8 aromatic carbocycles. The highest BCUT2D eigenvalue weighted by atomic mass is 16.3. The summed E-state index contributed by atoms with van der Waals surface area (Å²) in [6, 6.07) is 64.0. The van der Waals surface area contributed by atoms with Crippen molar-refractivity contribution < 1.29 is 4.42 Å². The number of benzene rings is 8. The molecule has 0 spiro atoms. The minimum absolute atomic E-state index is 0.585. The molecule has 238 valence electrons. The molecule has 2 aromatic heterocycles. The van der Waals surface area contributed by atoms with Gasteiger partial charge in [-0.2, -0.15) is 4.98 Å². The maximum absolute atomic E-state index is 6.76. The van der Waals surface area contributed by atoms with E-state index in [0.29, 0.717) is 11.5 Å². The number of furan rings is 1. The van der Waals surface area contributed by atoms with Gasteiger partial charge in [-0.15, -0.1) is 0 Å². The Morgan fingerprint density at radius 3 is 1.43 bits per heavy atom. The molecule has 0 aliphatic carbocycles. The van der Waals surface area contributed by atoms with Crippen LogP contribution in [0.5, 0.6) is 0 Å². The van der Waals surface area contributed by atoms with E-state index in [1.807, 2.05) is 30.3 Å². The monoisotopic (exact) mass is 650 g/mol. The van der Waals surface area contributed by atoms with E-state index in [1.54, 1.807) is 0 Å². The summed E-state index contributed by atoms with van der Waals surface area (Å²) in [6.45, 7) is 0. The molecule has 3 nitrogen and oxygen atoms in total. The summed E-state index contributed by atoms with van der Waals surface area (Å²) in [5, 5.41) is 6.51. The van der Waals surface area contributed by atoms with Gasteiger partial charge < -0.3 is 4.42 Å². The van der Waals surface area contributed by atoms with Crippen LogP contribution in [0.2, 0.25) is 0 Å². The lowest BCUT2D eigenvalue weighted by Gasteiger charge is -2.11. The van der Waals surface area contributed by atoms with Gasteiger partial charge in [-0.3, -0.25) is 0 Å². The lowest BCUT2D eigenvalue weighted by molar-refractivity contribution is 0.657. The van der Waals surface area contributed by atoms with Crippen LogP contribution in [0.4, 0.5) is 0 Å². The van der Waals surface area contributed by atoms with Crippen molar-refractivity contribution in [1.82, 2.24) is 9.97 Å². The first-order valence-electron chi connectivity index (χ1n) is 17.2. The van der Waals surface area contributed by atoms with Crippen LogP contribution in [-0.2, 0) is 0 Å². The largest absolute Gasteiger partial charge is 0.437 e. The van der Waals surface area contributed by atoms with Crippen LogP contribution in [-0.4, -0.2) is 9.97 Å². The van der Waals surface area contributed by atoms with Crippen molar-refractivity contribution >= 4 is 43.6 Å². The molecule has 0 aliphatic rings. The Kier molecular flexibility index (Phi) is 6.81. The second-order valence-electron chi connectivity index (χ2n) is 12.9. The average Bonchev–Trinajstić information content (AvgIpc) is 3.62. The van der Waals surface area contributed by atoms with Crippen molar-refractivity contribution in [2.75, 3.05) is 0 Å². The Balaban J connectivity index is 1.16. The fourth-order valence-electron chi connectivity index (χ4n) is 7.43. The lowest BCUT2D eigenvalue weighted by atomic mass is 9.94. The minimum atomic E-state index is 0.585. The van der Waals surface area contributed by atoms with Crippen molar-refractivity contribution in [3.8, 4) is 56.0 Å². The van der Waals surface area contributed by atoms with Crippen LogP contribution in [0.15, 0.2) is 186 Å². The highest BCUT2D eigenvalue weighted by Crippen LogP contribution is 2.44. The molecule has 2 heterocycles. The Morgan fingerprint density at radius 1 is 0.314 bits per heavy atom. The van der Waals surface area contributed by atoms with Crippen LogP contribution in [0.3, 0.4) is 0 Å². The Bertz CT molecular complexity index is 2890.